The smallest absolute Gasteiger partial charge is 0.364 e. The zero-order valence-electron chi connectivity index (χ0n) is 14.7. The molecule has 0 atom stereocenters. The summed E-state index contributed by atoms with van der Waals surface area (Å²) in [6.45, 7) is 8.08. The molecule has 0 saturated carbocycles. The molecule has 0 fully saturated rings. The van der Waals surface area contributed by atoms with Crippen LogP contribution in [-0.2, 0) is 0 Å². The van der Waals surface area contributed by atoms with Gasteiger partial charge in [0.25, 0.3) is 0 Å². The number of hydrogen-bond donors (Lipinski definition) is 0. The van der Waals surface area contributed by atoms with Gasteiger partial charge in [-0.2, -0.15) is 4.37 Å². The molecule has 3 rings (SSSR count). The van der Waals surface area contributed by atoms with Crippen LogP contribution in [0, 0.1) is 17.0 Å². The van der Waals surface area contributed by atoms with Gasteiger partial charge >= 0.3 is 5.82 Å². The summed E-state index contributed by atoms with van der Waals surface area (Å²) in [7, 11) is 0. The van der Waals surface area contributed by atoms with Gasteiger partial charge in [0.2, 0.25) is 11.3 Å². The lowest BCUT2D eigenvalue weighted by Gasteiger charge is -2.21. The Bertz CT molecular complexity index is 981. The Balaban J connectivity index is 1.91. The van der Waals surface area contributed by atoms with Gasteiger partial charge in [0.1, 0.15) is 4.70 Å². The first-order valence-corrected chi connectivity index (χ1v) is 8.99. The van der Waals surface area contributed by atoms with Crippen LogP contribution >= 0.6 is 11.5 Å². The van der Waals surface area contributed by atoms with E-state index in [1.165, 1.54) is 17.6 Å². The van der Waals surface area contributed by atoms with Crippen LogP contribution in [0.3, 0.4) is 0 Å². The van der Waals surface area contributed by atoms with E-state index in [4.69, 9.17) is 0 Å². The Labute approximate surface area is 154 Å². The molecular weight excluding hydrogens is 352 g/mol. The lowest BCUT2D eigenvalue weighted by atomic mass is 10.1. The van der Waals surface area contributed by atoms with Crippen molar-refractivity contribution in [2.24, 2.45) is 10.2 Å². The Morgan fingerprint density at radius 3 is 2.62 bits per heavy atom. The third-order valence-electron chi connectivity index (χ3n) is 4.03. The molecule has 2 heterocycles. The van der Waals surface area contributed by atoms with Crippen molar-refractivity contribution in [2.45, 2.75) is 20.8 Å². The summed E-state index contributed by atoms with van der Waals surface area (Å²) in [5.74, 6) is 0.0647. The average Bonchev–Trinajstić information content (AvgIpc) is 3.04. The first kappa shape index (κ1) is 17.9. The fraction of sp³-hybridized carbons (Fsp3) is 0.294. The van der Waals surface area contributed by atoms with Crippen molar-refractivity contribution < 1.29 is 4.92 Å². The fourth-order valence-corrected chi connectivity index (χ4v) is 3.27. The monoisotopic (exact) mass is 370 g/mol. The topological polar surface area (TPSA) is 96.9 Å². The first-order chi connectivity index (χ1) is 12.5. The SMILES string of the molecule is CCN(CC)c1ccc(N=Nc2nsc3ccc([N+](=O)[O-])nc23)c(C)c1. The maximum absolute atomic E-state index is 10.9. The van der Waals surface area contributed by atoms with E-state index in [1.54, 1.807) is 6.07 Å². The van der Waals surface area contributed by atoms with Gasteiger partial charge in [0.15, 0.2) is 0 Å². The van der Waals surface area contributed by atoms with Crippen LogP contribution < -0.4 is 4.90 Å². The van der Waals surface area contributed by atoms with E-state index >= 15 is 0 Å². The highest BCUT2D eigenvalue weighted by atomic mass is 32.1. The second kappa shape index (κ2) is 7.52. The van der Waals surface area contributed by atoms with Crippen LogP contribution in [-0.4, -0.2) is 27.4 Å². The highest BCUT2D eigenvalue weighted by Crippen LogP contribution is 2.31. The quantitative estimate of drug-likeness (QED) is 0.339. The molecular formula is C17H18N6O2S. The number of azo groups is 1. The standard InChI is InChI=1S/C17H18N6O2S/c1-4-22(5-2)12-6-7-13(11(3)10-12)19-20-17-16-14(26-21-17)8-9-15(18-16)23(24)25/h6-10H,4-5H2,1-3H3. The number of benzene rings is 1. The largest absolute Gasteiger partial charge is 0.372 e. The second-order valence-corrected chi connectivity index (χ2v) is 6.43. The van der Waals surface area contributed by atoms with Crippen molar-refractivity contribution in [3.05, 3.63) is 46.0 Å². The van der Waals surface area contributed by atoms with Crippen LogP contribution in [0.1, 0.15) is 19.4 Å². The van der Waals surface area contributed by atoms with Gasteiger partial charge in [0, 0.05) is 24.8 Å². The Hall–Kier alpha value is -2.94. The first-order valence-electron chi connectivity index (χ1n) is 8.21. The lowest BCUT2D eigenvalue weighted by molar-refractivity contribution is -0.389. The Kier molecular flexibility index (Phi) is 5.17. The summed E-state index contributed by atoms with van der Waals surface area (Å²) in [6, 6.07) is 8.98. The molecule has 0 aliphatic rings. The number of hydrogen-bond acceptors (Lipinski definition) is 8. The summed E-state index contributed by atoms with van der Waals surface area (Å²) in [6.07, 6.45) is 0. The number of aromatic nitrogens is 2. The number of anilines is 1. The molecule has 0 amide bonds. The summed E-state index contributed by atoms with van der Waals surface area (Å²) in [5.41, 5.74) is 3.26. The molecule has 0 aliphatic heterocycles. The molecule has 1 aromatic carbocycles. The maximum Gasteiger partial charge on any atom is 0.364 e. The third-order valence-corrected chi connectivity index (χ3v) is 4.82. The van der Waals surface area contributed by atoms with E-state index in [0.29, 0.717) is 11.3 Å². The minimum absolute atomic E-state index is 0.228. The molecule has 0 aliphatic carbocycles. The average molecular weight is 370 g/mol. The molecule has 26 heavy (non-hydrogen) atoms. The van der Waals surface area contributed by atoms with Gasteiger partial charge in [-0.05, 0) is 72.0 Å². The minimum Gasteiger partial charge on any atom is -0.372 e. The van der Waals surface area contributed by atoms with Crippen LogP contribution in [0.2, 0.25) is 0 Å². The number of aryl methyl sites for hydroxylation is 1. The molecule has 0 saturated heterocycles. The van der Waals surface area contributed by atoms with E-state index in [1.807, 2.05) is 19.1 Å². The van der Waals surface area contributed by atoms with Crippen molar-refractivity contribution in [1.82, 2.24) is 9.36 Å². The molecule has 0 radical (unpaired) electrons. The number of pyridine rings is 1. The number of fused-ring (bicyclic) bond motifs is 1. The molecule has 3 aromatic rings. The van der Waals surface area contributed by atoms with E-state index in [9.17, 15) is 10.1 Å². The number of rotatable bonds is 6. The van der Waals surface area contributed by atoms with Crippen LogP contribution in [0.15, 0.2) is 40.6 Å². The zero-order chi connectivity index (χ0) is 18.7. The Morgan fingerprint density at radius 2 is 1.96 bits per heavy atom. The summed E-state index contributed by atoms with van der Waals surface area (Å²) in [5, 5.41) is 19.3. The van der Waals surface area contributed by atoms with Gasteiger partial charge < -0.3 is 15.0 Å². The van der Waals surface area contributed by atoms with E-state index in [-0.39, 0.29) is 5.82 Å². The minimum atomic E-state index is -0.534. The fourth-order valence-electron chi connectivity index (χ4n) is 2.61. The predicted octanol–water partition coefficient (Wildman–Crippen LogP) is 5.17. The van der Waals surface area contributed by atoms with Gasteiger partial charge in [-0.15, -0.1) is 10.2 Å². The third kappa shape index (κ3) is 3.52. The van der Waals surface area contributed by atoms with Crippen molar-refractivity contribution in [1.29, 1.82) is 0 Å². The van der Waals surface area contributed by atoms with Crippen LogP contribution in [0.25, 0.3) is 10.2 Å². The van der Waals surface area contributed by atoms with Gasteiger partial charge in [-0.3, -0.25) is 0 Å². The lowest BCUT2D eigenvalue weighted by Crippen LogP contribution is -2.21. The van der Waals surface area contributed by atoms with Crippen molar-refractivity contribution in [2.75, 3.05) is 18.0 Å². The summed E-state index contributed by atoms with van der Waals surface area (Å²) < 4.78 is 4.94. The van der Waals surface area contributed by atoms with Gasteiger partial charge in [0.05, 0.1) is 5.69 Å². The number of nitro groups is 1. The van der Waals surface area contributed by atoms with Crippen molar-refractivity contribution in [3.63, 3.8) is 0 Å². The van der Waals surface area contributed by atoms with Gasteiger partial charge in [-0.1, -0.05) is 0 Å². The molecule has 8 nitrogen and oxygen atoms in total. The van der Waals surface area contributed by atoms with E-state index in [2.05, 4.69) is 44.4 Å². The van der Waals surface area contributed by atoms with Crippen LogP contribution in [0.5, 0.6) is 0 Å². The Morgan fingerprint density at radius 1 is 1.19 bits per heavy atom. The van der Waals surface area contributed by atoms with Gasteiger partial charge in [-0.25, -0.2) is 0 Å². The van der Waals surface area contributed by atoms with Crippen LogP contribution in [0.4, 0.5) is 23.0 Å². The van der Waals surface area contributed by atoms with Crippen molar-refractivity contribution >= 4 is 44.8 Å². The highest BCUT2D eigenvalue weighted by Gasteiger charge is 2.16. The normalized spacial score (nSPS) is 11.3. The molecule has 134 valence electrons. The molecule has 0 bridgehead atoms. The highest BCUT2D eigenvalue weighted by molar-refractivity contribution is 7.13. The maximum atomic E-state index is 10.9. The summed E-state index contributed by atoms with van der Waals surface area (Å²) in [4.78, 5) is 16.6. The zero-order valence-corrected chi connectivity index (χ0v) is 15.5. The second-order valence-electron chi connectivity index (χ2n) is 5.62. The predicted molar refractivity (Wildman–Crippen MR) is 103 cm³/mol. The number of nitrogens with zero attached hydrogens (tertiary/aromatic N) is 6. The molecule has 0 spiro atoms. The molecule has 2 aromatic heterocycles. The molecule has 0 unspecified atom stereocenters. The molecule has 0 N–H and O–H groups in total. The van der Waals surface area contributed by atoms with Crippen molar-refractivity contribution in [3.8, 4) is 0 Å². The van der Waals surface area contributed by atoms with E-state index in [0.717, 1.165) is 34.7 Å². The molecule has 9 heteroatoms. The van der Waals surface area contributed by atoms with E-state index < -0.39 is 4.92 Å². The summed E-state index contributed by atoms with van der Waals surface area (Å²) >= 11 is 1.19.